The van der Waals surface area contributed by atoms with Crippen LogP contribution in [0.4, 0.5) is 0 Å². The maximum absolute atomic E-state index is 12.1. The average molecular weight is 329 g/mol. The Morgan fingerprint density at radius 3 is 2.61 bits per heavy atom. The van der Waals surface area contributed by atoms with Crippen molar-refractivity contribution >= 4 is 23.7 Å². The highest BCUT2D eigenvalue weighted by atomic mass is 32.2. The van der Waals surface area contributed by atoms with Gasteiger partial charge in [-0.2, -0.15) is 0 Å². The molecule has 23 heavy (non-hydrogen) atoms. The number of carboxylic acids is 1. The molecule has 0 amide bonds. The summed E-state index contributed by atoms with van der Waals surface area (Å²) in [7, 11) is 0. The molecule has 0 aliphatic carbocycles. The molecule has 118 valence electrons. The lowest BCUT2D eigenvalue weighted by molar-refractivity contribution is -0.690. The molecule has 1 aliphatic heterocycles. The quantitative estimate of drug-likeness (QED) is 0.646. The monoisotopic (exact) mass is 329 g/mol. The summed E-state index contributed by atoms with van der Waals surface area (Å²) in [6.45, 7) is 0. The highest BCUT2D eigenvalue weighted by Crippen LogP contribution is 2.29. The van der Waals surface area contributed by atoms with E-state index in [0.717, 1.165) is 5.56 Å². The van der Waals surface area contributed by atoms with Crippen LogP contribution in [-0.2, 0) is 4.79 Å². The first-order valence-corrected chi connectivity index (χ1v) is 8.23. The minimum absolute atomic E-state index is 0.0340. The van der Waals surface area contributed by atoms with E-state index in [4.69, 9.17) is 4.74 Å². The summed E-state index contributed by atoms with van der Waals surface area (Å²) in [5, 5.41) is 12.7. The number of ether oxygens (including phenoxy) is 1. The van der Waals surface area contributed by atoms with Crippen LogP contribution in [0.2, 0.25) is 0 Å². The van der Waals surface area contributed by atoms with E-state index < -0.39 is 18.0 Å². The van der Waals surface area contributed by atoms with Gasteiger partial charge in [0, 0.05) is 5.56 Å². The summed E-state index contributed by atoms with van der Waals surface area (Å²) in [4.78, 5) is 23.0. The second kappa shape index (κ2) is 6.85. The number of aliphatic carboxylic acids is 1. The third-order valence-corrected chi connectivity index (χ3v) is 4.91. The summed E-state index contributed by atoms with van der Waals surface area (Å²) in [6, 6.07) is 15.4. The molecule has 0 saturated carbocycles. The second-order valence-corrected chi connectivity index (χ2v) is 6.37. The zero-order valence-corrected chi connectivity index (χ0v) is 13.0. The number of carbonyl (C=O) groups is 2. The smallest absolute Gasteiger partial charge is 0.343 e. The Kier molecular flexibility index (Phi) is 4.64. The van der Waals surface area contributed by atoms with Gasteiger partial charge in [0.1, 0.15) is 17.8 Å². The number of hydrogen-bond acceptors (Lipinski definition) is 5. The van der Waals surface area contributed by atoms with Crippen molar-refractivity contribution in [3.8, 4) is 5.75 Å². The fourth-order valence-electron chi connectivity index (χ4n) is 2.38. The molecule has 1 saturated heterocycles. The lowest BCUT2D eigenvalue weighted by Gasteiger charge is -2.12. The van der Waals surface area contributed by atoms with Gasteiger partial charge in [0.2, 0.25) is 0 Å². The largest absolute Gasteiger partial charge is 0.544 e. The van der Waals surface area contributed by atoms with Crippen molar-refractivity contribution in [3.05, 3.63) is 65.7 Å². The molecule has 1 aliphatic rings. The molecule has 5 nitrogen and oxygen atoms in total. The van der Waals surface area contributed by atoms with Crippen molar-refractivity contribution in [1.29, 1.82) is 0 Å². The summed E-state index contributed by atoms with van der Waals surface area (Å²) < 4.78 is 5.38. The molecule has 6 heteroatoms. The zero-order chi connectivity index (χ0) is 16.2. The van der Waals surface area contributed by atoms with Gasteiger partial charge in [-0.25, -0.2) is 4.79 Å². The summed E-state index contributed by atoms with van der Waals surface area (Å²) >= 11 is 1.54. The molecule has 0 spiro atoms. The van der Waals surface area contributed by atoms with Crippen molar-refractivity contribution in [2.75, 3.05) is 5.75 Å². The maximum Gasteiger partial charge on any atom is 0.343 e. The predicted octanol–water partition coefficient (Wildman–Crippen LogP) is 0.333. The Morgan fingerprint density at radius 1 is 1.13 bits per heavy atom. The van der Waals surface area contributed by atoms with Crippen LogP contribution in [-0.4, -0.2) is 23.7 Å². The van der Waals surface area contributed by atoms with E-state index in [9.17, 15) is 14.7 Å². The molecule has 0 bridgehead atoms. The van der Waals surface area contributed by atoms with Gasteiger partial charge in [-0.05, 0) is 24.3 Å². The first kappa shape index (κ1) is 15.6. The molecule has 0 aromatic heterocycles. The lowest BCUT2D eigenvalue weighted by Crippen LogP contribution is -2.90. The SMILES string of the molecule is O=C(Oc1cccc([C@H]2[NH2+][C@H](C(=O)[O-])CS2)c1)c1ccccc1. The van der Waals surface area contributed by atoms with Gasteiger partial charge in [-0.3, -0.25) is 0 Å². The van der Waals surface area contributed by atoms with E-state index >= 15 is 0 Å². The highest BCUT2D eigenvalue weighted by Gasteiger charge is 2.31. The molecule has 0 unspecified atom stereocenters. The number of carbonyl (C=O) groups excluding carboxylic acids is 2. The average Bonchev–Trinajstić information content (AvgIpc) is 3.06. The van der Waals surface area contributed by atoms with Gasteiger partial charge in [0.15, 0.2) is 5.37 Å². The van der Waals surface area contributed by atoms with Crippen molar-refractivity contribution in [3.63, 3.8) is 0 Å². The highest BCUT2D eigenvalue weighted by molar-refractivity contribution is 7.99. The van der Waals surface area contributed by atoms with Gasteiger partial charge in [-0.15, -0.1) is 0 Å². The molecule has 1 heterocycles. The van der Waals surface area contributed by atoms with E-state index in [1.54, 1.807) is 47.8 Å². The molecule has 1 fully saturated rings. The molecule has 2 aromatic carbocycles. The van der Waals surface area contributed by atoms with Gasteiger partial charge >= 0.3 is 5.97 Å². The van der Waals surface area contributed by atoms with Crippen molar-refractivity contribution in [1.82, 2.24) is 0 Å². The van der Waals surface area contributed by atoms with Crippen LogP contribution in [0.15, 0.2) is 54.6 Å². The predicted molar refractivity (Wildman–Crippen MR) is 83.8 cm³/mol. The summed E-state index contributed by atoms with van der Waals surface area (Å²) in [5.41, 5.74) is 1.40. The zero-order valence-electron chi connectivity index (χ0n) is 12.2. The van der Waals surface area contributed by atoms with Crippen LogP contribution in [0, 0.1) is 0 Å². The summed E-state index contributed by atoms with van der Waals surface area (Å²) in [6.07, 6.45) is 0. The van der Waals surface area contributed by atoms with Crippen LogP contribution in [0.25, 0.3) is 0 Å². The molecule has 2 N–H and O–H groups in total. The Labute approximate surface area is 137 Å². The topological polar surface area (TPSA) is 83.0 Å². The van der Waals surface area contributed by atoms with E-state index in [2.05, 4.69) is 0 Å². The van der Waals surface area contributed by atoms with E-state index in [-0.39, 0.29) is 5.37 Å². The number of nitrogens with two attached hydrogens (primary N) is 1. The van der Waals surface area contributed by atoms with Crippen molar-refractivity contribution in [2.45, 2.75) is 11.4 Å². The molecule has 2 aromatic rings. The Balaban J connectivity index is 1.71. The fraction of sp³-hybridized carbons (Fsp3) is 0.176. The third-order valence-electron chi connectivity index (χ3n) is 3.57. The molecule has 0 radical (unpaired) electrons. The minimum atomic E-state index is -1.05. The molecule has 3 rings (SSSR count). The van der Waals surface area contributed by atoms with Crippen LogP contribution >= 0.6 is 11.8 Å². The van der Waals surface area contributed by atoms with Gasteiger partial charge in [0.05, 0.1) is 11.3 Å². The van der Waals surface area contributed by atoms with E-state index in [1.165, 1.54) is 11.8 Å². The Hall–Kier alpha value is -2.31. The lowest BCUT2D eigenvalue weighted by atomic mass is 10.2. The number of hydrogen-bond donors (Lipinski definition) is 1. The normalized spacial score (nSPS) is 20.2. The standard InChI is InChI=1S/C17H15NO4S/c19-16(20)14-10-23-15(18-14)12-7-4-8-13(9-12)22-17(21)11-5-2-1-3-6-11/h1-9,14-15,18H,10H2,(H,19,20)/t14-,15-/m0/s1. The first-order valence-electron chi connectivity index (χ1n) is 7.18. The fourth-order valence-corrected chi connectivity index (χ4v) is 3.68. The molecular formula is C17H15NO4S. The molecule has 2 atom stereocenters. The van der Waals surface area contributed by atoms with Gasteiger partial charge in [-0.1, -0.05) is 42.1 Å². The number of esters is 1. The van der Waals surface area contributed by atoms with Gasteiger partial charge < -0.3 is 20.0 Å². The van der Waals surface area contributed by atoms with Crippen LogP contribution in [0.1, 0.15) is 21.3 Å². The second-order valence-electron chi connectivity index (χ2n) is 5.20. The van der Waals surface area contributed by atoms with E-state index in [0.29, 0.717) is 17.1 Å². The number of rotatable bonds is 4. The third kappa shape index (κ3) is 3.72. The van der Waals surface area contributed by atoms with Gasteiger partial charge in [0.25, 0.3) is 0 Å². The Bertz CT molecular complexity index is 720. The number of carboxylic acid groups (broad SMARTS) is 1. The maximum atomic E-state index is 12.1. The Morgan fingerprint density at radius 2 is 1.91 bits per heavy atom. The minimum Gasteiger partial charge on any atom is -0.544 e. The summed E-state index contributed by atoms with van der Waals surface area (Å²) in [5.74, 6) is -0.520. The van der Waals surface area contributed by atoms with Crippen LogP contribution in [0.5, 0.6) is 5.75 Å². The van der Waals surface area contributed by atoms with Crippen molar-refractivity contribution in [2.24, 2.45) is 0 Å². The number of thioether (sulfide) groups is 1. The van der Waals surface area contributed by atoms with E-state index in [1.807, 2.05) is 12.1 Å². The van der Waals surface area contributed by atoms with Crippen LogP contribution in [0.3, 0.4) is 0 Å². The van der Waals surface area contributed by atoms with Crippen LogP contribution < -0.4 is 15.2 Å². The number of benzene rings is 2. The van der Waals surface area contributed by atoms with Crippen molar-refractivity contribution < 1.29 is 24.7 Å². The number of quaternary nitrogens is 1. The molecular weight excluding hydrogens is 314 g/mol. The first-order chi connectivity index (χ1) is 11.1.